The Kier molecular flexibility index (Phi) is 7.46. The van der Waals surface area contributed by atoms with Crippen molar-refractivity contribution in [2.45, 2.75) is 0 Å². The predicted molar refractivity (Wildman–Crippen MR) is 233 cm³/mol. The standard InChI is InChI=1S/C52H32N4/c1-3-11-33(12-4-1)35-19-21-39-29-43(25-23-37(39)27-35)49-51-47(31-41-15-7-9-17-45(41)53-51)56-50(52-48(55-49)32-42-16-8-10-18-46(42)54-52)44-26-24-38-28-36(20-22-40(38)30-44)34-13-5-2-6-14-34/h1-32H/b51-49?,52-50?,55-48?,55-49-,56-47?,56-50-. The molecule has 0 saturated heterocycles. The van der Waals surface area contributed by atoms with Gasteiger partial charge in [-0.25, -0.2) is 20.0 Å². The van der Waals surface area contributed by atoms with Gasteiger partial charge in [0.1, 0.15) is 11.4 Å². The van der Waals surface area contributed by atoms with Crippen LogP contribution in [0, 0.1) is 0 Å². The Bertz CT molecular complexity index is 3020. The van der Waals surface area contributed by atoms with Crippen molar-refractivity contribution in [2.75, 3.05) is 0 Å². The summed E-state index contributed by atoms with van der Waals surface area (Å²) in [6.07, 6.45) is 0. The third-order valence-electron chi connectivity index (χ3n) is 10.8. The third-order valence-corrected chi connectivity index (χ3v) is 10.8. The van der Waals surface area contributed by atoms with Gasteiger partial charge in [0, 0.05) is 21.9 Å². The molecule has 4 nitrogen and oxygen atoms in total. The predicted octanol–water partition coefficient (Wildman–Crippen LogP) is 13.1. The summed E-state index contributed by atoms with van der Waals surface area (Å²) < 4.78 is 0. The summed E-state index contributed by atoms with van der Waals surface area (Å²) in [6, 6.07) is 68.1. The maximum Gasteiger partial charge on any atom is 0.116 e. The Hall–Kier alpha value is -7.56. The molecule has 0 N–H and O–H groups in total. The summed E-state index contributed by atoms with van der Waals surface area (Å²) in [7, 11) is 0. The van der Waals surface area contributed by atoms with Crippen molar-refractivity contribution >= 4 is 66.1 Å². The van der Waals surface area contributed by atoms with Crippen LogP contribution in [0.1, 0.15) is 22.5 Å². The van der Waals surface area contributed by atoms with Crippen molar-refractivity contribution < 1.29 is 0 Å². The Morgan fingerprint density at radius 3 is 1.04 bits per heavy atom. The van der Waals surface area contributed by atoms with E-state index in [1.165, 1.54) is 22.3 Å². The number of benzene rings is 8. The highest BCUT2D eigenvalue weighted by Crippen LogP contribution is 2.37. The maximum absolute atomic E-state index is 5.53. The average molecular weight is 713 g/mol. The van der Waals surface area contributed by atoms with E-state index in [0.29, 0.717) is 0 Å². The molecule has 56 heavy (non-hydrogen) atoms. The van der Waals surface area contributed by atoms with Gasteiger partial charge in [0.2, 0.25) is 0 Å². The summed E-state index contributed by atoms with van der Waals surface area (Å²) in [4.78, 5) is 21.7. The van der Waals surface area contributed by atoms with E-state index in [1.54, 1.807) is 0 Å². The number of para-hydroxylation sites is 2. The zero-order chi connectivity index (χ0) is 37.0. The molecule has 0 bridgehead atoms. The van der Waals surface area contributed by atoms with Crippen LogP contribution in [0.15, 0.2) is 204 Å². The molecule has 0 amide bonds. The van der Waals surface area contributed by atoms with Gasteiger partial charge in [-0.3, -0.25) is 0 Å². The number of fused-ring (bicyclic) bond motifs is 6. The van der Waals surface area contributed by atoms with Gasteiger partial charge in [-0.1, -0.05) is 146 Å². The van der Waals surface area contributed by atoms with Crippen LogP contribution in [0.5, 0.6) is 0 Å². The molecule has 0 fully saturated rings. The highest BCUT2D eigenvalue weighted by atomic mass is 14.9. The Labute approximate surface area is 323 Å². The van der Waals surface area contributed by atoms with E-state index < -0.39 is 0 Å². The molecule has 1 aliphatic heterocycles. The molecule has 10 aromatic rings. The molecule has 0 atom stereocenters. The van der Waals surface area contributed by atoms with Gasteiger partial charge in [-0.2, -0.15) is 0 Å². The quantitative estimate of drug-likeness (QED) is 0.182. The van der Waals surface area contributed by atoms with E-state index in [-0.39, 0.29) is 0 Å². The van der Waals surface area contributed by atoms with Crippen LogP contribution in [0.3, 0.4) is 0 Å². The number of rotatable bonds is 4. The number of aliphatic imine (C=N–C) groups is 2. The Morgan fingerprint density at radius 1 is 0.250 bits per heavy atom. The lowest BCUT2D eigenvalue weighted by molar-refractivity contribution is 1.27. The van der Waals surface area contributed by atoms with Crippen molar-refractivity contribution in [1.82, 2.24) is 9.97 Å². The normalized spacial score (nSPS) is 14.4. The second-order valence-corrected chi connectivity index (χ2v) is 14.3. The van der Waals surface area contributed by atoms with Crippen LogP contribution in [0.4, 0.5) is 11.4 Å². The van der Waals surface area contributed by atoms with Gasteiger partial charge in [0.05, 0.1) is 33.8 Å². The van der Waals surface area contributed by atoms with E-state index >= 15 is 0 Å². The molecule has 0 radical (unpaired) electrons. The van der Waals surface area contributed by atoms with Crippen molar-refractivity contribution in [3.63, 3.8) is 0 Å². The Balaban J connectivity index is 1.13. The van der Waals surface area contributed by atoms with Gasteiger partial charge in [0.15, 0.2) is 0 Å². The fraction of sp³-hybridized carbons (Fsp3) is 0. The van der Waals surface area contributed by atoms with Gasteiger partial charge >= 0.3 is 0 Å². The van der Waals surface area contributed by atoms with Gasteiger partial charge in [-0.15, -0.1) is 0 Å². The molecule has 8 aromatic carbocycles. The maximum atomic E-state index is 5.53. The topological polar surface area (TPSA) is 50.5 Å². The lowest BCUT2D eigenvalue weighted by Crippen LogP contribution is -2.13. The van der Waals surface area contributed by atoms with Crippen LogP contribution in [-0.2, 0) is 0 Å². The van der Waals surface area contributed by atoms with Crippen molar-refractivity contribution in [2.24, 2.45) is 9.98 Å². The monoisotopic (exact) mass is 712 g/mol. The highest BCUT2D eigenvalue weighted by Gasteiger charge is 2.24. The van der Waals surface area contributed by atoms with E-state index in [0.717, 1.165) is 88.7 Å². The van der Waals surface area contributed by atoms with E-state index in [9.17, 15) is 0 Å². The van der Waals surface area contributed by atoms with Crippen LogP contribution in [0.2, 0.25) is 0 Å². The molecule has 4 heteroatoms. The second kappa shape index (κ2) is 13.1. The number of hydrogen-bond acceptors (Lipinski definition) is 4. The third kappa shape index (κ3) is 5.64. The molecule has 0 unspecified atom stereocenters. The van der Waals surface area contributed by atoms with Crippen LogP contribution in [-0.4, -0.2) is 21.4 Å². The van der Waals surface area contributed by atoms with E-state index in [1.807, 2.05) is 36.4 Å². The van der Waals surface area contributed by atoms with E-state index in [2.05, 4.69) is 158 Å². The van der Waals surface area contributed by atoms with Gasteiger partial charge < -0.3 is 0 Å². The largest absolute Gasteiger partial charge is 0.244 e. The first-order chi connectivity index (χ1) is 27.7. The zero-order valence-electron chi connectivity index (χ0n) is 30.3. The van der Waals surface area contributed by atoms with Crippen molar-refractivity contribution in [3.8, 4) is 22.3 Å². The fourth-order valence-corrected chi connectivity index (χ4v) is 7.88. The first-order valence-electron chi connectivity index (χ1n) is 18.9. The van der Waals surface area contributed by atoms with Crippen molar-refractivity contribution in [3.05, 3.63) is 217 Å². The SMILES string of the molecule is c1ccc(-c2ccc3cc(/C4=N/c5cc6ccccc6nc5/C(c5ccc6cc(-c7ccccc7)ccc6c5)=N\c5cc6ccccc6nc54)ccc3c2)cc1. The van der Waals surface area contributed by atoms with Crippen LogP contribution in [0.25, 0.3) is 65.6 Å². The van der Waals surface area contributed by atoms with Crippen LogP contribution >= 0.6 is 0 Å². The second-order valence-electron chi connectivity index (χ2n) is 14.3. The molecule has 0 aliphatic carbocycles. The molecule has 0 saturated carbocycles. The number of aromatic nitrogens is 2. The van der Waals surface area contributed by atoms with Crippen LogP contribution < -0.4 is 0 Å². The van der Waals surface area contributed by atoms with Gasteiger partial charge in [0.25, 0.3) is 0 Å². The molecule has 3 heterocycles. The Morgan fingerprint density at radius 2 is 0.607 bits per heavy atom. The molecule has 2 aromatic heterocycles. The minimum absolute atomic E-state index is 0.730. The summed E-state index contributed by atoms with van der Waals surface area (Å²) in [5.74, 6) is 0. The van der Waals surface area contributed by atoms with Gasteiger partial charge in [-0.05, 0) is 92.3 Å². The van der Waals surface area contributed by atoms with Crippen molar-refractivity contribution in [1.29, 1.82) is 0 Å². The first-order valence-corrected chi connectivity index (χ1v) is 18.9. The minimum atomic E-state index is 0.730. The zero-order valence-corrected chi connectivity index (χ0v) is 30.3. The van der Waals surface area contributed by atoms with E-state index in [4.69, 9.17) is 20.0 Å². The molecular weight excluding hydrogens is 681 g/mol. The number of hydrogen-bond donors (Lipinski definition) is 0. The smallest absolute Gasteiger partial charge is 0.116 e. The lowest BCUT2D eigenvalue weighted by Gasteiger charge is -2.19. The molecular formula is C52H32N4. The number of pyridine rings is 2. The lowest BCUT2D eigenvalue weighted by atomic mass is 9.95. The first kappa shape index (κ1) is 31.9. The minimum Gasteiger partial charge on any atom is -0.244 e. The molecule has 1 aliphatic rings. The summed E-state index contributed by atoms with van der Waals surface area (Å²) >= 11 is 0. The average Bonchev–Trinajstić information content (AvgIpc) is 3.26. The fourth-order valence-electron chi connectivity index (χ4n) is 7.88. The number of nitrogens with zero attached hydrogens (tertiary/aromatic N) is 4. The summed E-state index contributed by atoms with van der Waals surface area (Å²) in [6.45, 7) is 0. The molecule has 0 spiro atoms. The summed E-state index contributed by atoms with van der Waals surface area (Å²) in [5, 5.41) is 6.60. The summed E-state index contributed by atoms with van der Waals surface area (Å²) in [5.41, 5.74) is 12.9. The highest BCUT2D eigenvalue weighted by molar-refractivity contribution is 6.23. The molecule has 260 valence electrons. The molecule has 11 rings (SSSR count).